The van der Waals surface area contributed by atoms with Crippen molar-refractivity contribution in [2.45, 2.75) is 25.5 Å². The van der Waals surface area contributed by atoms with Crippen LogP contribution in [0, 0.1) is 0 Å². The Labute approximate surface area is 119 Å². The zero-order valence-corrected chi connectivity index (χ0v) is 12.3. The SMILES string of the molecule is CCNC(COC(C)COC)(C(=O)O)c1ccccc1. The summed E-state index contributed by atoms with van der Waals surface area (Å²) in [5, 5.41) is 12.7. The predicted molar refractivity (Wildman–Crippen MR) is 76.7 cm³/mol. The van der Waals surface area contributed by atoms with Crippen molar-refractivity contribution in [2.24, 2.45) is 0 Å². The molecule has 0 aliphatic heterocycles. The molecule has 112 valence electrons. The van der Waals surface area contributed by atoms with Gasteiger partial charge >= 0.3 is 5.97 Å². The monoisotopic (exact) mass is 281 g/mol. The maximum absolute atomic E-state index is 11.8. The highest BCUT2D eigenvalue weighted by Crippen LogP contribution is 2.23. The van der Waals surface area contributed by atoms with Crippen LogP contribution in [0.4, 0.5) is 0 Å². The standard InChI is InChI=1S/C15H23NO4/c1-4-16-15(14(17)18,11-20-12(2)10-19-3)13-8-6-5-7-9-13/h5-9,12,16H,4,10-11H2,1-3H3,(H,17,18). The lowest BCUT2D eigenvalue weighted by atomic mass is 9.90. The summed E-state index contributed by atoms with van der Waals surface area (Å²) in [6.07, 6.45) is -0.166. The van der Waals surface area contributed by atoms with Gasteiger partial charge in [-0.2, -0.15) is 0 Å². The van der Waals surface area contributed by atoms with E-state index in [1.807, 2.05) is 32.0 Å². The Balaban J connectivity index is 2.97. The highest BCUT2D eigenvalue weighted by Gasteiger charge is 2.40. The largest absolute Gasteiger partial charge is 0.480 e. The van der Waals surface area contributed by atoms with Crippen molar-refractivity contribution < 1.29 is 19.4 Å². The van der Waals surface area contributed by atoms with Crippen molar-refractivity contribution >= 4 is 5.97 Å². The molecule has 0 aromatic heterocycles. The number of rotatable bonds is 9. The summed E-state index contributed by atoms with van der Waals surface area (Å²) in [5.41, 5.74) is -0.558. The predicted octanol–water partition coefficient (Wildman–Crippen LogP) is 1.63. The molecule has 0 bridgehead atoms. The quantitative estimate of drug-likeness (QED) is 0.720. The van der Waals surface area contributed by atoms with Crippen LogP contribution in [-0.2, 0) is 19.8 Å². The van der Waals surface area contributed by atoms with Gasteiger partial charge in [-0.05, 0) is 19.0 Å². The average molecular weight is 281 g/mol. The Bertz CT molecular complexity index is 410. The lowest BCUT2D eigenvalue weighted by Crippen LogP contribution is -2.53. The fourth-order valence-corrected chi connectivity index (χ4v) is 2.07. The molecule has 0 amide bonds. The number of likely N-dealkylation sites (N-methyl/N-ethyl adjacent to an activating group) is 1. The molecule has 0 aliphatic carbocycles. The molecular weight excluding hydrogens is 258 g/mol. The van der Waals surface area contributed by atoms with Gasteiger partial charge in [-0.1, -0.05) is 37.3 Å². The van der Waals surface area contributed by atoms with Crippen molar-refractivity contribution in [3.05, 3.63) is 35.9 Å². The van der Waals surface area contributed by atoms with Crippen molar-refractivity contribution in [2.75, 3.05) is 26.9 Å². The maximum atomic E-state index is 11.8. The molecule has 20 heavy (non-hydrogen) atoms. The molecule has 1 aromatic carbocycles. The summed E-state index contributed by atoms with van der Waals surface area (Å²) < 4.78 is 10.6. The van der Waals surface area contributed by atoms with Gasteiger partial charge in [0.1, 0.15) is 0 Å². The van der Waals surface area contributed by atoms with Crippen LogP contribution in [0.2, 0.25) is 0 Å². The summed E-state index contributed by atoms with van der Waals surface area (Å²) in [7, 11) is 1.59. The zero-order chi connectivity index (χ0) is 15.0. The molecule has 5 nitrogen and oxygen atoms in total. The highest BCUT2D eigenvalue weighted by molar-refractivity contribution is 5.81. The number of aliphatic carboxylic acids is 1. The third-order valence-corrected chi connectivity index (χ3v) is 3.10. The Kier molecular flexibility index (Phi) is 6.64. The molecule has 0 heterocycles. The Morgan fingerprint density at radius 1 is 1.40 bits per heavy atom. The second-order valence-electron chi connectivity index (χ2n) is 4.68. The molecule has 1 aromatic rings. The van der Waals surface area contributed by atoms with Crippen molar-refractivity contribution in [1.82, 2.24) is 5.32 Å². The number of ether oxygens (including phenoxy) is 2. The van der Waals surface area contributed by atoms with Gasteiger partial charge in [0.25, 0.3) is 0 Å². The minimum atomic E-state index is -1.24. The number of benzene rings is 1. The molecule has 2 N–H and O–H groups in total. The van der Waals surface area contributed by atoms with Gasteiger partial charge in [-0.3, -0.25) is 5.32 Å². The van der Waals surface area contributed by atoms with E-state index in [9.17, 15) is 9.90 Å². The number of nitrogens with one attached hydrogen (secondary N) is 1. The average Bonchev–Trinajstić information content (AvgIpc) is 2.44. The first-order valence-electron chi connectivity index (χ1n) is 6.71. The number of hydrogen-bond donors (Lipinski definition) is 2. The third kappa shape index (κ3) is 4.03. The molecule has 5 heteroatoms. The van der Waals surface area contributed by atoms with Crippen LogP contribution >= 0.6 is 0 Å². The fraction of sp³-hybridized carbons (Fsp3) is 0.533. The molecule has 0 radical (unpaired) electrons. The van der Waals surface area contributed by atoms with Gasteiger partial charge in [-0.15, -0.1) is 0 Å². The van der Waals surface area contributed by atoms with Gasteiger partial charge in [0, 0.05) is 7.11 Å². The molecule has 0 saturated carbocycles. The summed E-state index contributed by atoms with van der Waals surface area (Å²) in [4.78, 5) is 11.8. The molecule has 0 spiro atoms. The minimum absolute atomic E-state index is 0.0463. The van der Waals surface area contributed by atoms with E-state index in [1.165, 1.54) is 0 Å². The first-order chi connectivity index (χ1) is 9.56. The molecule has 2 atom stereocenters. The molecule has 0 fully saturated rings. The minimum Gasteiger partial charge on any atom is -0.480 e. The van der Waals surface area contributed by atoms with Gasteiger partial charge in [0.2, 0.25) is 0 Å². The van der Waals surface area contributed by atoms with Crippen LogP contribution in [0.25, 0.3) is 0 Å². The Morgan fingerprint density at radius 3 is 2.55 bits per heavy atom. The zero-order valence-electron chi connectivity index (χ0n) is 12.3. The van der Waals surface area contributed by atoms with E-state index in [0.717, 1.165) is 0 Å². The summed E-state index contributed by atoms with van der Waals surface area (Å²) in [5.74, 6) is -0.949. The van der Waals surface area contributed by atoms with Crippen molar-refractivity contribution in [1.29, 1.82) is 0 Å². The smallest absolute Gasteiger partial charge is 0.331 e. The Morgan fingerprint density at radius 2 is 2.05 bits per heavy atom. The first kappa shape index (κ1) is 16.6. The van der Waals surface area contributed by atoms with Crippen LogP contribution in [0.3, 0.4) is 0 Å². The molecule has 1 rings (SSSR count). The van der Waals surface area contributed by atoms with Gasteiger partial charge in [-0.25, -0.2) is 4.79 Å². The first-order valence-corrected chi connectivity index (χ1v) is 6.71. The topological polar surface area (TPSA) is 67.8 Å². The normalized spacial score (nSPS) is 15.6. The van der Waals surface area contributed by atoms with Crippen LogP contribution < -0.4 is 5.32 Å². The number of carbonyl (C=O) groups is 1. The molecule has 0 saturated heterocycles. The van der Waals surface area contributed by atoms with E-state index in [1.54, 1.807) is 19.2 Å². The molecular formula is C15H23NO4. The number of hydrogen-bond acceptors (Lipinski definition) is 4. The van der Waals surface area contributed by atoms with E-state index in [2.05, 4.69) is 5.32 Å². The maximum Gasteiger partial charge on any atom is 0.331 e. The van der Waals surface area contributed by atoms with Crippen molar-refractivity contribution in [3.63, 3.8) is 0 Å². The van der Waals surface area contributed by atoms with E-state index >= 15 is 0 Å². The van der Waals surface area contributed by atoms with E-state index in [0.29, 0.717) is 18.7 Å². The number of carboxylic acid groups (broad SMARTS) is 1. The number of carboxylic acids is 1. The lowest BCUT2D eigenvalue weighted by molar-refractivity contribution is -0.150. The van der Waals surface area contributed by atoms with Gasteiger partial charge < -0.3 is 14.6 Å². The van der Waals surface area contributed by atoms with Crippen LogP contribution in [0.15, 0.2) is 30.3 Å². The number of methoxy groups -OCH3 is 1. The summed E-state index contributed by atoms with van der Waals surface area (Å²) in [6, 6.07) is 9.09. The lowest BCUT2D eigenvalue weighted by Gasteiger charge is -2.31. The highest BCUT2D eigenvalue weighted by atomic mass is 16.5. The van der Waals surface area contributed by atoms with Gasteiger partial charge in [0.15, 0.2) is 5.54 Å². The van der Waals surface area contributed by atoms with E-state index in [-0.39, 0.29) is 12.7 Å². The Hall–Kier alpha value is -1.43. The molecule has 2 unspecified atom stereocenters. The third-order valence-electron chi connectivity index (χ3n) is 3.10. The second kappa shape index (κ2) is 7.99. The van der Waals surface area contributed by atoms with Gasteiger partial charge in [0.05, 0.1) is 19.3 Å². The second-order valence-corrected chi connectivity index (χ2v) is 4.68. The van der Waals surface area contributed by atoms with E-state index < -0.39 is 11.5 Å². The van der Waals surface area contributed by atoms with Crippen LogP contribution in [0.1, 0.15) is 19.4 Å². The molecule has 0 aliphatic rings. The summed E-state index contributed by atoms with van der Waals surface area (Å²) >= 11 is 0. The van der Waals surface area contributed by atoms with Crippen LogP contribution in [0.5, 0.6) is 0 Å². The van der Waals surface area contributed by atoms with Crippen molar-refractivity contribution in [3.8, 4) is 0 Å². The van der Waals surface area contributed by atoms with E-state index in [4.69, 9.17) is 9.47 Å². The van der Waals surface area contributed by atoms with Crippen LogP contribution in [-0.4, -0.2) is 44.0 Å². The summed E-state index contributed by atoms with van der Waals surface area (Å²) in [6.45, 7) is 4.73. The fourth-order valence-electron chi connectivity index (χ4n) is 2.07.